The Labute approximate surface area is 470 Å². The fraction of sp³-hybridized carbons (Fsp3) is 0.176. The molecule has 1 fully saturated rings. The molecule has 2 unspecified atom stereocenters. The summed E-state index contributed by atoms with van der Waals surface area (Å²) in [5.41, 5.74) is 4.52. The number of nitriles is 1. The van der Waals surface area contributed by atoms with Gasteiger partial charge in [0.05, 0.1) is 88.6 Å². The lowest BCUT2D eigenvalue weighted by Crippen LogP contribution is -2.34. The molecule has 0 saturated carbocycles. The molecule has 0 radical (unpaired) electrons. The number of hydrogen-bond acceptors (Lipinski definition) is 22. The summed E-state index contributed by atoms with van der Waals surface area (Å²) in [6.45, 7) is 3.97. The van der Waals surface area contributed by atoms with Gasteiger partial charge in [0.15, 0.2) is 23.1 Å². The second-order valence-corrected chi connectivity index (χ2v) is 18.0. The minimum absolute atomic E-state index is 0. The van der Waals surface area contributed by atoms with Crippen LogP contribution in [-0.2, 0) is 9.47 Å². The van der Waals surface area contributed by atoms with Crippen molar-refractivity contribution >= 4 is 94.1 Å². The van der Waals surface area contributed by atoms with Gasteiger partial charge in [0.25, 0.3) is 29.9 Å². The molecular formula is C51H45Cl4N15O9. The topological polar surface area (TPSA) is 332 Å². The van der Waals surface area contributed by atoms with Gasteiger partial charge in [-0.1, -0.05) is 34.8 Å². The number of aliphatic hydroxyl groups excluding tert-OH is 2. The van der Waals surface area contributed by atoms with Crippen LogP contribution in [0.25, 0.3) is 34.4 Å². The molecule has 0 bridgehead atoms. The summed E-state index contributed by atoms with van der Waals surface area (Å²) in [5.74, 6) is 0.128. The smallest absolute Gasteiger partial charge is 0.299 e. The number of hydrogen-bond donors (Lipinski definition) is 7. The molecule has 1 aliphatic heterocycles. The summed E-state index contributed by atoms with van der Waals surface area (Å²) in [6, 6.07) is 22.9. The zero-order valence-electron chi connectivity index (χ0n) is 41.4. The van der Waals surface area contributed by atoms with E-state index in [2.05, 4.69) is 71.4 Å². The van der Waals surface area contributed by atoms with E-state index in [1.807, 2.05) is 19.9 Å². The highest BCUT2D eigenvalue weighted by atomic mass is 35.5. The zero-order chi connectivity index (χ0) is 55.0. The predicted molar refractivity (Wildman–Crippen MR) is 291 cm³/mol. The van der Waals surface area contributed by atoms with Crippen molar-refractivity contribution in [3.63, 3.8) is 0 Å². The van der Waals surface area contributed by atoms with Gasteiger partial charge in [0.1, 0.15) is 46.3 Å². The molecule has 10 heterocycles. The van der Waals surface area contributed by atoms with Gasteiger partial charge in [-0.3, -0.25) is 24.5 Å². The van der Waals surface area contributed by atoms with Gasteiger partial charge in [-0.05, 0) is 86.6 Å². The molecule has 28 heteroatoms. The van der Waals surface area contributed by atoms with Crippen LogP contribution in [0.2, 0.25) is 15.1 Å². The summed E-state index contributed by atoms with van der Waals surface area (Å²) in [6.07, 6.45) is 12.6. The minimum Gasteiger partial charge on any atom is -0.422 e. The molecule has 0 aromatic carbocycles. The van der Waals surface area contributed by atoms with Gasteiger partial charge in [-0.2, -0.15) is 5.26 Å². The largest absolute Gasteiger partial charge is 0.422 e. The summed E-state index contributed by atoms with van der Waals surface area (Å²) < 4.78 is 27.9. The fourth-order valence-electron chi connectivity index (χ4n) is 6.55. The lowest BCUT2D eigenvalue weighted by molar-refractivity contribution is -0.137. The summed E-state index contributed by atoms with van der Waals surface area (Å²) in [5, 5.41) is 42.4. The maximum Gasteiger partial charge on any atom is 0.299 e. The number of nitrogens with one attached hydrogen (secondary N) is 5. The van der Waals surface area contributed by atoms with Crippen molar-refractivity contribution in [2.24, 2.45) is 0 Å². The van der Waals surface area contributed by atoms with Crippen molar-refractivity contribution in [2.45, 2.75) is 31.8 Å². The lowest BCUT2D eigenvalue weighted by Gasteiger charge is -2.17. The van der Waals surface area contributed by atoms with Crippen LogP contribution in [0.3, 0.4) is 0 Å². The van der Waals surface area contributed by atoms with E-state index in [0.29, 0.717) is 91.4 Å². The molecule has 1 aliphatic rings. The quantitative estimate of drug-likeness (QED) is 0.0475. The van der Waals surface area contributed by atoms with Crippen molar-refractivity contribution < 1.29 is 42.5 Å². The summed E-state index contributed by atoms with van der Waals surface area (Å²) >= 11 is 17.4. The van der Waals surface area contributed by atoms with Crippen molar-refractivity contribution in [2.75, 3.05) is 42.3 Å². The molecule has 7 N–H and O–H groups in total. The van der Waals surface area contributed by atoms with E-state index in [-0.39, 0.29) is 54.4 Å². The number of nitrogens with zero attached hydrogens (tertiary/aromatic N) is 10. The molecule has 9 aromatic heterocycles. The third-order valence-electron chi connectivity index (χ3n) is 10.3. The van der Waals surface area contributed by atoms with Crippen LogP contribution in [0.5, 0.6) is 0 Å². The maximum absolute atomic E-state index is 12.3. The van der Waals surface area contributed by atoms with Gasteiger partial charge in [0, 0.05) is 31.7 Å². The van der Waals surface area contributed by atoms with E-state index in [0.717, 1.165) is 0 Å². The van der Waals surface area contributed by atoms with E-state index >= 15 is 0 Å². The average molecular weight is 1150 g/mol. The van der Waals surface area contributed by atoms with Gasteiger partial charge in [0.2, 0.25) is 0 Å². The molecule has 9 aromatic rings. The highest BCUT2D eigenvalue weighted by molar-refractivity contribution is 6.31. The first-order valence-corrected chi connectivity index (χ1v) is 24.3. The predicted octanol–water partition coefficient (Wildman–Crippen LogP) is 8.84. The number of aromatic nitrogens is 9. The Bertz CT molecular complexity index is 3440. The zero-order valence-corrected chi connectivity index (χ0v) is 44.5. The normalized spacial score (nSPS) is 13.4. The number of amides is 2. The molecule has 24 nitrogen and oxygen atoms in total. The van der Waals surface area contributed by atoms with Crippen molar-refractivity contribution in [3.8, 4) is 40.4 Å². The first kappa shape index (κ1) is 58.1. The fourth-order valence-corrected chi connectivity index (χ4v) is 6.89. The third-order valence-corrected chi connectivity index (χ3v) is 11.0. The highest BCUT2D eigenvalue weighted by Crippen LogP contribution is 2.27. The van der Waals surface area contributed by atoms with Crippen LogP contribution in [-0.4, -0.2) is 111 Å². The molecule has 0 spiro atoms. The number of rotatable bonds is 16. The van der Waals surface area contributed by atoms with Gasteiger partial charge in [-0.15, -0.1) is 12.4 Å². The minimum atomic E-state index is -1.01. The monoisotopic (exact) mass is 1150 g/mol. The van der Waals surface area contributed by atoms with Crippen LogP contribution in [0.15, 0.2) is 142 Å². The van der Waals surface area contributed by atoms with Crippen LogP contribution in [0.1, 0.15) is 40.5 Å². The van der Waals surface area contributed by atoms with Crippen LogP contribution >= 0.6 is 47.2 Å². The Morgan fingerprint density at radius 2 is 1.04 bits per heavy atom. The van der Waals surface area contributed by atoms with E-state index in [9.17, 15) is 14.7 Å². The number of oxazole rings is 3. The van der Waals surface area contributed by atoms with Gasteiger partial charge < -0.3 is 59.5 Å². The van der Waals surface area contributed by atoms with Crippen LogP contribution < -0.4 is 26.6 Å². The Kier molecular flexibility index (Phi) is 20.3. The Balaban J connectivity index is 0.000000173. The molecule has 0 aliphatic carbocycles. The lowest BCUT2D eigenvalue weighted by atomic mass is 10.3. The SMILES string of the molecule is CC1(C)OCC(CNC(=O)c2ccc(Nc3ncc(-c4ccc(Cl)cn4)o3)cn2)O1.Cl.N#Cc1ccc(Nc2ncc(-c3ccc(Cl)cn3)o2)cn1.O=C(NCC(O)CO)c1ccc(Nc2ncc(-c3ccc(Cl)cn3)o2)cn1. The molecule has 79 heavy (non-hydrogen) atoms. The molecule has 406 valence electrons. The Hall–Kier alpha value is -8.64. The number of anilines is 6. The van der Waals surface area contributed by atoms with E-state index in [1.54, 1.807) is 79.1 Å². The number of aliphatic hydroxyl groups is 2. The van der Waals surface area contributed by atoms with Gasteiger partial charge in [-0.25, -0.2) is 29.9 Å². The molecule has 10 rings (SSSR count). The van der Waals surface area contributed by atoms with Crippen molar-refractivity contribution in [1.82, 2.24) is 55.5 Å². The number of pyridine rings is 6. The summed E-state index contributed by atoms with van der Waals surface area (Å²) in [4.78, 5) is 61.2. The van der Waals surface area contributed by atoms with Crippen LogP contribution in [0.4, 0.5) is 35.1 Å². The second kappa shape index (κ2) is 27.6. The second-order valence-electron chi connectivity index (χ2n) is 16.7. The van der Waals surface area contributed by atoms with Crippen molar-refractivity contribution in [3.05, 3.63) is 161 Å². The van der Waals surface area contributed by atoms with E-state index in [1.165, 1.54) is 49.4 Å². The highest BCUT2D eigenvalue weighted by Gasteiger charge is 2.32. The standard InChI is InChI=1S/C20H20ClN5O4.C17H16ClN5O4.C14H8ClN5O.ClH/c1-20(2)28-11-14(30-20)9-24-18(27)16-6-4-13(8-23-16)26-19-25-10-17(29-19)15-5-3-12(21)7-22-15;18-10-1-3-13(19-5-10)15-8-22-17(27-15)23-11-2-4-14(20-6-11)16(26)21-7-12(25)9-24;15-9-1-4-12(18-6-9)13-8-19-14(21-13)20-11-3-2-10(5-16)17-7-11;/h3-8,10,14H,9,11H2,1-2H3,(H,24,27)(H,25,26);1-6,8,12,24-25H,7,9H2,(H,21,26)(H,22,23);1-4,6-8H,(H,19,20);1H. The first-order chi connectivity index (χ1) is 37.7. The first-order valence-electron chi connectivity index (χ1n) is 23.2. The average Bonchev–Trinajstić information content (AvgIpc) is 4.32. The number of halogens is 4. The van der Waals surface area contributed by atoms with E-state index in [4.69, 9.17) is 67.9 Å². The molecule has 1 saturated heterocycles. The maximum atomic E-state index is 12.3. The molecule has 2 amide bonds. The molecule has 2 atom stereocenters. The third kappa shape index (κ3) is 17.2. The summed E-state index contributed by atoms with van der Waals surface area (Å²) in [7, 11) is 0. The Morgan fingerprint density at radius 1 is 0.608 bits per heavy atom. The number of ether oxygens (including phenoxy) is 2. The molecular weight excluding hydrogens is 1110 g/mol. The van der Waals surface area contributed by atoms with Gasteiger partial charge >= 0.3 is 0 Å². The van der Waals surface area contributed by atoms with Crippen molar-refractivity contribution in [1.29, 1.82) is 5.26 Å². The van der Waals surface area contributed by atoms with Crippen LogP contribution in [0, 0.1) is 11.3 Å². The number of carbonyl (C=O) groups excluding carboxylic acids is 2. The Morgan fingerprint density at radius 3 is 1.38 bits per heavy atom. The number of carbonyl (C=O) groups is 2. The van der Waals surface area contributed by atoms with E-state index < -0.39 is 24.4 Å².